The fraction of sp³-hybridized carbons (Fsp3) is 0. The van der Waals surface area contributed by atoms with Crippen LogP contribution in [0.3, 0.4) is 0 Å². The van der Waals surface area contributed by atoms with E-state index in [1.807, 2.05) is 0 Å². The van der Waals surface area contributed by atoms with Crippen molar-refractivity contribution < 1.29 is 18.0 Å². The van der Waals surface area contributed by atoms with E-state index in [0.29, 0.717) is 16.9 Å². The number of hydrogen-bond acceptors (Lipinski definition) is 2. The first-order valence-corrected chi connectivity index (χ1v) is 7.40. The SMILES string of the molecule is O=C(Nc1ccc(Nc2ccc(F)cc2F)cc1)c1ccc(F)cc1. The number of nitrogens with one attached hydrogen (secondary N) is 2. The van der Waals surface area contributed by atoms with Crippen LogP contribution in [-0.4, -0.2) is 5.91 Å². The fourth-order valence-electron chi connectivity index (χ4n) is 2.19. The molecule has 2 N–H and O–H groups in total. The lowest BCUT2D eigenvalue weighted by atomic mass is 10.2. The van der Waals surface area contributed by atoms with Gasteiger partial charge in [-0.25, -0.2) is 13.2 Å². The number of hydrogen-bond donors (Lipinski definition) is 2. The molecule has 1 amide bonds. The van der Waals surface area contributed by atoms with Crippen LogP contribution >= 0.6 is 0 Å². The highest BCUT2D eigenvalue weighted by atomic mass is 19.1. The lowest BCUT2D eigenvalue weighted by molar-refractivity contribution is 0.102. The zero-order valence-electron chi connectivity index (χ0n) is 12.9. The van der Waals surface area contributed by atoms with E-state index >= 15 is 0 Å². The molecule has 3 nitrogen and oxygen atoms in total. The number of carbonyl (C=O) groups is 1. The molecule has 0 bridgehead atoms. The van der Waals surface area contributed by atoms with Crippen molar-refractivity contribution >= 4 is 23.0 Å². The van der Waals surface area contributed by atoms with Crippen LogP contribution in [0.25, 0.3) is 0 Å². The van der Waals surface area contributed by atoms with Crippen LogP contribution in [0.15, 0.2) is 66.7 Å². The summed E-state index contributed by atoms with van der Waals surface area (Å²) in [7, 11) is 0. The Balaban J connectivity index is 1.67. The molecular weight excluding hydrogens is 329 g/mol. The van der Waals surface area contributed by atoms with Crippen LogP contribution in [0.1, 0.15) is 10.4 Å². The lowest BCUT2D eigenvalue weighted by Gasteiger charge is -2.09. The molecular formula is C19H13F3N2O. The highest BCUT2D eigenvalue weighted by molar-refractivity contribution is 6.04. The highest BCUT2D eigenvalue weighted by Gasteiger charge is 2.07. The van der Waals surface area contributed by atoms with E-state index in [4.69, 9.17) is 0 Å². The van der Waals surface area contributed by atoms with Gasteiger partial charge in [0.2, 0.25) is 0 Å². The molecule has 0 heterocycles. The summed E-state index contributed by atoms with van der Waals surface area (Å²) in [6, 6.07) is 15.0. The largest absolute Gasteiger partial charge is 0.353 e. The third kappa shape index (κ3) is 4.17. The van der Waals surface area contributed by atoms with E-state index < -0.39 is 17.5 Å². The second-order valence-electron chi connectivity index (χ2n) is 5.29. The maximum atomic E-state index is 13.6. The predicted octanol–water partition coefficient (Wildman–Crippen LogP) is 5.10. The van der Waals surface area contributed by atoms with E-state index in [2.05, 4.69) is 10.6 Å². The second kappa shape index (κ2) is 7.09. The molecule has 3 rings (SSSR count). The quantitative estimate of drug-likeness (QED) is 0.692. The van der Waals surface area contributed by atoms with Crippen molar-refractivity contribution in [3.63, 3.8) is 0 Å². The van der Waals surface area contributed by atoms with Crippen LogP contribution in [0.4, 0.5) is 30.2 Å². The average molecular weight is 342 g/mol. The molecule has 0 aromatic heterocycles. The molecule has 0 radical (unpaired) electrons. The first kappa shape index (κ1) is 16.6. The normalized spacial score (nSPS) is 10.4. The van der Waals surface area contributed by atoms with Gasteiger partial charge in [-0.2, -0.15) is 0 Å². The van der Waals surface area contributed by atoms with Gasteiger partial charge in [0.05, 0.1) is 5.69 Å². The summed E-state index contributed by atoms with van der Waals surface area (Å²) in [5.41, 5.74) is 1.58. The minimum atomic E-state index is -0.700. The first-order valence-electron chi connectivity index (χ1n) is 7.40. The van der Waals surface area contributed by atoms with Gasteiger partial charge < -0.3 is 10.6 Å². The van der Waals surface area contributed by atoms with Crippen molar-refractivity contribution in [1.82, 2.24) is 0 Å². The van der Waals surface area contributed by atoms with Gasteiger partial charge in [-0.3, -0.25) is 4.79 Å². The molecule has 0 spiro atoms. The molecule has 0 aliphatic rings. The van der Waals surface area contributed by atoms with E-state index in [1.54, 1.807) is 24.3 Å². The van der Waals surface area contributed by atoms with E-state index in [0.717, 1.165) is 12.1 Å². The van der Waals surface area contributed by atoms with E-state index in [-0.39, 0.29) is 11.6 Å². The standard InChI is InChI=1S/C19H13F3N2O/c20-13-3-1-12(2-4-13)19(25)24-16-8-6-15(7-9-16)23-18-10-5-14(21)11-17(18)22/h1-11,23H,(H,24,25). The van der Waals surface area contributed by atoms with Crippen molar-refractivity contribution in [2.24, 2.45) is 0 Å². The Kier molecular flexibility index (Phi) is 4.70. The number of carbonyl (C=O) groups excluding carboxylic acids is 1. The van der Waals surface area contributed by atoms with Gasteiger partial charge in [-0.05, 0) is 60.7 Å². The minimum Gasteiger partial charge on any atom is -0.353 e. The van der Waals surface area contributed by atoms with Crippen molar-refractivity contribution in [3.8, 4) is 0 Å². The first-order chi connectivity index (χ1) is 12.0. The summed E-state index contributed by atoms with van der Waals surface area (Å²) >= 11 is 0. The van der Waals surface area contributed by atoms with E-state index in [1.165, 1.54) is 30.3 Å². The molecule has 0 unspecified atom stereocenters. The second-order valence-corrected chi connectivity index (χ2v) is 5.29. The zero-order chi connectivity index (χ0) is 17.8. The minimum absolute atomic E-state index is 0.143. The Bertz CT molecular complexity index is 894. The Morgan fingerprint density at radius 3 is 1.96 bits per heavy atom. The topological polar surface area (TPSA) is 41.1 Å². The molecule has 25 heavy (non-hydrogen) atoms. The number of benzene rings is 3. The van der Waals surface area contributed by atoms with Crippen molar-refractivity contribution in [1.29, 1.82) is 0 Å². The Labute approximate surface area is 142 Å². The maximum Gasteiger partial charge on any atom is 0.255 e. The summed E-state index contributed by atoms with van der Waals surface area (Å²) in [5, 5.41) is 5.50. The van der Waals surface area contributed by atoms with Crippen LogP contribution in [0.2, 0.25) is 0 Å². The van der Waals surface area contributed by atoms with Crippen molar-refractivity contribution in [2.75, 3.05) is 10.6 Å². The summed E-state index contributed by atoms with van der Waals surface area (Å²) in [6.07, 6.45) is 0. The molecule has 3 aromatic carbocycles. The number of anilines is 3. The average Bonchev–Trinajstić information content (AvgIpc) is 2.59. The van der Waals surface area contributed by atoms with Gasteiger partial charge in [-0.1, -0.05) is 0 Å². The summed E-state index contributed by atoms with van der Waals surface area (Å²) < 4.78 is 39.4. The van der Waals surface area contributed by atoms with Crippen LogP contribution in [0, 0.1) is 17.5 Å². The van der Waals surface area contributed by atoms with Gasteiger partial charge in [-0.15, -0.1) is 0 Å². The van der Waals surface area contributed by atoms with Crippen LogP contribution in [-0.2, 0) is 0 Å². The van der Waals surface area contributed by atoms with Gasteiger partial charge in [0.1, 0.15) is 17.5 Å². The molecule has 3 aromatic rings. The van der Waals surface area contributed by atoms with E-state index in [9.17, 15) is 18.0 Å². The van der Waals surface area contributed by atoms with Gasteiger partial charge in [0.25, 0.3) is 5.91 Å². The third-order valence-electron chi connectivity index (χ3n) is 3.46. The summed E-state index contributed by atoms with van der Waals surface area (Å²) in [6.45, 7) is 0. The summed E-state index contributed by atoms with van der Waals surface area (Å²) in [4.78, 5) is 12.0. The highest BCUT2D eigenvalue weighted by Crippen LogP contribution is 2.22. The molecule has 0 saturated heterocycles. The molecule has 0 atom stereocenters. The molecule has 0 aliphatic carbocycles. The number of amides is 1. The molecule has 6 heteroatoms. The monoisotopic (exact) mass is 342 g/mol. The molecule has 0 saturated carbocycles. The maximum absolute atomic E-state index is 13.6. The number of halogens is 3. The lowest BCUT2D eigenvalue weighted by Crippen LogP contribution is -2.11. The van der Waals surface area contributed by atoms with Crippen LogP contribution in [0.5, 0.6) is 0 Å². The smallest absolute Gasteiger partial charge is 0.255 e. The Morgan fingerprint density at radius 1 is 0.720 bits per heavy atom. The Hall–Kier alpha value is -3.28. The fourth-order valence-corrected chi connectivity index (χ4v) is 2.19. The number of rotatable bonds is 4. The molecule has 126 valence electrons. The summed E-state index contributed by atoms with van der Waals surface area (Å²) in [5.74, 6) is -2.14. The van der Waals surface area contributed by atoms with Gasteiger partial charge >= 0.3 is 0 Å². The van der Waals surface area contributed by atoms with Gasteiger partial charge in [0.15, 0.2) is 0 Å². The molecule has 0 aliphatic heterocycles. The van der Waals surface area contributed by atoms with Gasteiger partial charge in [0, 0.05) is 23.0 Å². The predicted molar refractivity (Wildman–Crippen MR) is 90.4 cm³/mol. The van der Waals surface area contributed by atoms with Crippen LogP contribution < -0.4 is 10.6 Å². The zero-order valence-corrected chi connectivity index (χ0v) is 12.9. The molecule has 0 fully saturated rings. The van der Waals surface area contributed by atoms with Crippen molar-refractivity contribution in [3.05, 3.63) is 89.7 Å². The Morgan fingerprint density at radius 2 is 1.32 bits per heavy atom. The van der Waals surface area contributed by atoms with Crippen molar-refractivity contribution in [2.45, 2.75) is 0 Å². The third-order valence-corrected chi connectivity index (χ3v) is 3.46.